The van der Waals surface area contributed by atoms with Gasteiger partial charge in [-0.25, -0.2) is 0 Å². The highest BCUT2D eigenvalue weighted by Crippen LogP contribution is 2.46. The number of aliphatic hydroxyl groups is 1. The van der Waals surface area contributed by atoms with Crippen LogP contribution in [-0.4, -0.2) is 28.6 Å². The maximum atomic E-state index is 11.3. The summed E-state index contributed by atoms with van der Waals surface area (Å²) < 4.78 is 11.3. The molecule has 0 aromatic carbocycles. The molecule has 0 saturated carbocycles. The maximum absolute atomic E-state index is 11.3. The lowest BCUT2D eigenvalue weighted by Gasteiger charge is -2.16. The number of aliphatic hydroxyl groups excluding tert-OH is 1. The largest absolute Gasteiger partial charge is 0.383 e. The monoisotopic (exact) mass is 195 g/mol. The second-order valence-electron chi connectivity index (χ2n) is 2.89. The fourth-order valence-corrected chi connectivity index (χ4v) is 2.52. The maximum Gasteiger partial charge on any atom is 0.228 e. The Balaban J connectivity index is 3.91. The molecule has 5 heteroatoms. The summed E-state index contributed by atoms with van der Waals surface area (Å²) in [5, 5.41) is 9.25. The van der Waals surface area contributed by atoms with Crippen molar-refractivity contribution >= 4 is 7.37 Å². The van der Waals surface area contributed by atoms with E-state index in [0.717, 1.165) is 0 Å². The van der Waals surface area contributed by atoms with Crippen LogP contribution in [0.15, 0.2) is 0 Å². The molecule has 12 heavy (non-hydrogen) atoms. The lowest BCUT2D eigenvalue weighted by Crippen LogP contribution is -2.11. The summed E-state index contributed by atoms with van der Waals surface area (Å²) in [7, 11) is -3.34. The number of hydrogen-bond acceptors (Lipinski definition) is 3. The lowest BCUT2D eigenvalue weighted by molar-refractivity contribution is 0.219. The van der Waals surface area contributed by atoms with Crippen molar-refractivity contribution < 1.29 is 14.6 Å². The van der Waals surface area contributed by atoms with E-state index < -0.39 is 13.2 Å². The van der Waals surface area contributed by atoms with E-state index in [1.54, 1.807) is 0 Å². The Morgan fingerprint density at radius 1 is 1.58 bits per heavy atom. The summed E-state index contributed by atoms with van der Waals surface area (Å²) in [5.74, 6) is -1.06. The fraction of sp³-hybridized carbons (Fsp3) is 1.00. The second kappa shape index (κ2) is 5.70. The van der Waals surface area contributed by atoms with Gasteiger partial charge in [-0.3, -0.25) is 4.57 Å². The molecular formula is C7H18NO3P. The third-order valence-electron chi connectivity index (χ3n) is 1.70. The molecule has 0 fully saturated rings. The third kappa shape index (κ3) is 4.21. The minimum Gasteiger partial charge on any atom is -0.383 e. The standard InChI is InChI=1S/C7H18NO3P/c1-2-4-7(9)12(10,11)6-3-5-8/h7,9H,2-6,8H2,1H3,(H,10,11)/t7-/m0/s1. The molecule has 2 atom stereocenters. The highest BCUT2D eigenvalue weighted by molar-refractivity contribution is 7.58. The van der Waals surface area contributed by atoms with Gasteiger partial charge in [-0.1, -0.05) is 13.3 Å². The molecule has 0 radical (unpaired) electrons. The van der Waals surface area contributed by atoms with E-state index in [2.05, 4.69) is 0 Å². The van der Waals surface area contributed by atoms with E-state index >= 15 is 0 Å². The summed E-state index contributed by atoms with van der Waals surface area (Å²) in [6, 6.07) is 0. The van der Waals surface area contributed by atoms with Crippen LogP contribution in [0.1, 0.15) is 26.2 Å². The zero-order chi connectivity index (χ0) is 9.61. The van der Waals surface area contributed by atoms with Crippen molar-refractivity contribution in [3.63, 3.8) is 0 Å². The molecule has 0 aliphatic heterocycles. The van der Waals surface area contributed by atoms with E-state index in [9.17, 15) is 14.6 Å². The van der Waals surface area contributed by atoms with Crippen LogP contribution in [0.2, 0.25) is 0 Å². The first kappa shape index (κ1) is 12.1. The molecule has 74 valence electrons. The minimum absolute atomic E-state index is 0.130. The molecule has 4 N–H and O–H groups in total. The van der Waals surface area contributed by atoms with E-state index in [0.29, 0.717) is 25.8 Å². The summed E-state index contributed by atoms with van der Waals surface area (Å²) >= 11 is 0. The predicted molar refractivity (Wildman–Crippen MR) is 49.3 cm³/mol. The van der Waals surface area contributed by atoms with Crippen molar-refractivity contribution in [2.24, 2.45) is 5.73 Å². The summed E-state index contributed by atoms with van der Waals surface area (Å²) in [6.45, 7) is 2.26. The van der Waals surface area contributed by atoms with Gasteiger partial charge in [0.15, 0.2) is 0 Å². The zero-order valence-corrected chi connectivity index (χ0v) is 8.33. The van der Waals surface area contributed by atoms with E-state index in [4.69, 9.17) is 5.73 Å². The van der Waals surface area contributed by atoms with E-state index in [1.165, 1.54) is 0 Å². The van der Waals surface area contributed by atoms with Crippen LogP contribution in [0.4, 0.5) is 0 Å². The van der Waals surface area contributed by atoms with Crippen LogP contribution < -0.4 is 5.73 Å². The van der Waals surface area contributed by atoms with E-state index in [-0.39, 0.29) is 6.16 Å². The topological polar surface area (TPSA) is 83.5 Å². The van der Waals surface area contributed by atoms with Crippen molar-refractivity contribution in [1.29, 1.82) is 0 Å². The van der Waals surface area contributed by atoms with Gasteiger partial charge in [0.05, 0.1) is 0 Å². The first-order valence-corrected chi connectivity index (χ1v) is 6.15. The molecule has 4 nitrogen and oxygen atoms in total. The van der Waals surface area contributed by atoms with Gasteiger partial charge in [0.1, 0.15) is 5.85 Å². The molecule has 0 aromatic rings. The van der Waals surface area contributed by atoms with Crippen LogP contribution in [0.5, 0.6) is 0 Å². The van der Waals surface area contributed by atoms with Crippen LogP contribution >= 0.6 is 7.37 Å². The van der Waals surface area contributed by atoms with Gasteiger partial charge < -0.3 is 15.7 Å². The molecule has 0 rings (SSSR count). The van der Waals surface area contributed by atoms with Crippen molar-refractivity contribution in [1.82, 2.24) is 0 Å². The van der Waals surface area contributed by atoms with Gasteiger partial charge >= 0.3 is 0 Å². The Morgan fingerprint density at radius 3 is 2.58 bits per heavy atom. The van der Waals surface area contributed by atoms with Gasteiger partial charge in [-0.05, 0) is 19.4 Å². The van der Waals surface area contributed by atoms with Gasteiger partial charge in [0.25, 0.3) is 0 Å². The quantitative estimate of drug-likeness (QED) is 0.545. The second-order valence-corrected chi connectivity index (χ2v) is 5.45. The molecule has 0 spiro atoms. The molecule has 1 unspecified atom stereocenters. The Kier molecular flexibility index (Phi) is 5.76. The molecular weight excluding hydrogens is 177 g/mol. The average Bonchev–Trinajstić information content (AvgIpc) is 2.01. The molecule has 0 aromatic heterocycles. The van der Waals surface area contributed by atoms with E-state index in [1.807, 2.05) is 6.92 Å². The van der Waals surface area contributed by atoms with Gasteiger partial charge in [0, 0.05) is 6.16 Å². The number of rotatable bonds is 6. The van der Waals surface area contributed by atoms with Crippen LogP contribution in [0.25, 0.3) is 0 Å². The number of nitrogens with two attached hydrogens (primary N) is 1. The average molecular weight is 195 g/mol. The SMILES string of the molecule is CCC[C@@H](O)P(=O)(O)CCCN. The first-order valence-electron chi connectivity index (χ1n) is 4.24. The number of hydrogen-bond donors (Lipinski definition) is 3. The molecule has 0 bridgehead atoms. The van der Waals surface area contributed by atoms with Crippen LogP contribution in [-0.2, 0) is 4.57 Å². The molecule has 0 aliphatic carbocycles. The summed E-state index contributed by atoms with van der Waals surface area (Å²) in [6.07, 6.45) is 1.73. The summed E-state index contributed by atoms with van der Waals surface area (Å²) in [4.78, 5) is 9.30. The molecule has 0 amide bonds. The minimum atomic E-state index is -3.34. The summed E-state index contributed by atoms with van der Waals surface area (Å²) in [5.41, 5.74) is 5.20. The smallest absolute Gasteiger partial charge is 0.228 e. The Labute approximate surface area is 73.2 Å². The van der Waals surface area contributed by atoms with Gasteiger partial charge in [-0.15, -0.1) is 0 Å². The lowest BCUT2D eigenvalue weighted by atomic mass is 10.4. The van der Waals surface area contributed by atoms with Crippen molar-refractivity contribution in [2.75, 3.05) is 12.7 Å². The van der Waals surface area contributed by atoms with Crippen molar-refractivity contribution in [3.05, 3.63) is 0 Å². The Hall–Kier alpha value is 0.110. The normalized spacial score (nSPS) is 18.7. The first-order chi connectivity index (χ1) is 5.54. The van der Waals surface area contributed by atoms with Crippen LogP contribution in [0, 0.1) is 0 Å². The fourth-order valence-electron chi connectivity index (χ4n) is 0.927. The van der Waals surface area contributed by atoms with Crippen molar-refractivity contribution in [2.45, 2.75) is 32.0 Å². The third-order valence-corrected chi connectivity index (χ3v) is 3.84. The van der Waals surface area contributed by atoms with Crippen LogP contribution in [0.3, 0.4) is 0 Å². The molecule has 0 saturated heterocycles. The van der Waals surface area contributed by atoms with Gasteiger partial charge in [-0.2, -0.15) is 0 Å². The zero-order valence-electron chi connectivity index (χ0n) is 7.44. The highest BCUT2D eigenvalue weighted by Gasteiger charge is 2.26. The van der Waals surface area contributed by atoms with Crippen molar-refractivity contribution in [3.8, 4) is 0 Å². The molecule has 0 aliphatic rings. The Bertz CT molecular complexity index is 163. The predicted octanol–water partition coefficient (Wildman–Crippen LogP) is 0.724. The highest BCUT2D eigenvalue weighted by atomic mass is 31.2. The Morgan fingerprint density at radius 2 is 2.17 bits per heavy atom. The van der Waals surface area contributed by atoms with Gasteiger partial charge in [0.2, 0.25) is 7.37 Å². The molecule has 0 heterocycles.